The average Bonchev–Trinajstić information content (AvgIpc) is 3.20. The molecule has 0 aliphatic heterocycles. The van der Waals surface area contributed by atoms with Crippen LogP contribution in [0, 0.1) is 0 Å². The van der Waals surface area contributed by atoms with Gasteiger partial charge in [-0.2, -0.15) is 4.98 Å². The Kier molecular flexibility index (Phi) is 5.98. The third kappa shape index (κ3) is 5.04. The molecule has 8 heteroatoms. The van der Waals surface area contributed by atoms with Gasteiger partial charge in [0.15, 0.2) is 0 Å². The maximum absolute atomic E-state index is 12.0. The lowest BCUT2D eigenvalue weighted by Gasteiger charge is -2.05. The summed E-state index contributed by atoms with van der Waals surface area (Å²) < 4.78 is 15.3. The molecule has 8 nitrogen and oxygen atoms in total. The number of benzene rings is 1. The monoisotopic (exact) mass is 368 g/mol. The fraction of sp³-hybridized carbons (Fsp3) is 0.263. The zero-order chi connectivity index (χ0) is 19.1. The van der Waals surface area contributed by atoms with Crippen molar-refractivity contribution >= 4 is 5.91 Å². The molecule has 0 unspecified atom stereocenters. The van der Waals surface area contributed by atoms with Crippen molar-refractivity contribution in [3.8, 4) is 23.0 Å². The molecule has 1 aromatic carbocycles. The van der Waals surface area contributed by atoms with E-state index in [2.05, 4.69) is 20.4 Å². The van der Waals surface area contributed by atoms with Crippen LogP contribution in [0.2, 0.25) is 0 Å². The van der Waals surface area contributed by atoms with Crippen LogP contribution in [-0.4, -0.2) is 35.3 Å². The Morgan fingerprint density at radius 3 is 2.59 bits per heavy atom. The first-order valence-corrected chi connectivity index (χ1v) is 8.40. The Morgan fingerprint density at radius 2 is 1.93 bits per heavy atom. The first-order valence-electron chi connectivity index (χ1n) is 8.40. The summed E-state index contributed by atoms with van der Waals surface area (Å²) in [5.74, 6) is 2.09. The van der Waals surface area contributed by atoms with Crippen molar-refractivity contribution in [3.63, 3.8) is 0 Å². The normalized spacial score (nSPS) is 10.4. The number of ether oxygens (including phenoxy) is 2. The van der Waals surface area contributed by atoms with Crippen molar-refractivity contribution in [1.29, 1.82) is 0 Å². The summed E-state index contributed by atoms with van der Waals surface area (Å²) in [6, 6.07) is 11.0. The molecule has 0 bridgehead atoms. The van der Waals surface area contributed by atoms with Crippen LogP contribution in [0.3, 0.4) is 0 Å². The molecule has 140 valence electrons. The quantitative estimate of drug-likeness (QED) is 0.652. The zero-order valence-corrected chi connectivity index (χ0v) is 15.1. The lowest BCUT2D eigenvalue weighted by molar-refractivity contribution is -0.121. The SMILES string of the molecule is COc1ccc(-c2noc(CCC(=O)NCc3ccc(OC)nc3)n2)cc1. The maximum atomic E-state index is 12.0. The van der Waals surface area contributed by atoms with Crippen LogP contribution in [0.4, 0.5) is 0 Å². The summed E-state index contributed by atoms with van der Waals surface area (Å²) in [7, 11) is 3.17. The minimum atomic E-state index is -0.102. The average molecular weight is 368 g/mol. The van der Waals surface area contributed by atoms with Gasteiger partial charge < -0.3 is 19.3 Å². The van der Waals surface area contributed by atoms with E-state index in [9.17, 15) is 4.79 Å². The van der Waals surface area contributed by atoms with Crippen molar-refractivity contribution in [3.05, 3.63) is 54.0 Å². The Balaban J connectivity index is 1.47. The maximum Gasteiger partial charge on any atom is 0.227 e. The van der Waals surface area contributed by atoms with Crippen molar-refractivity contribution in [1.82, 2.24) is 20.4 Å². The first kappa shape index (κ1) is 18.4. The fourth-order valence-electron chi connectivity index (χ4n) is 2.36. The van der Waals surface area contributed by atoms with E-state index in [0.29, 0.717) is 30.6 Å². The lowest BCUT2D eigenvalue weighted by atomic mass is 10.2. The summed E-state index contributed by atoms with van der Waals surface area (Å²) in [6.45, 7) is 0.400. The Hall–Kier alpha value is -3.42. The van der Waals surface area contributed by atoms with E-state index in [0.717, 1.165) is 16.9 Å². The number of aromatic nitrogens is 3. The minimum absolute atomic E-state index is 0.102. The first-order chi connectivity index (χ1) is 13.2. The topological polar surface area (TPSA) is 99.4 Å². The molecule has 0 saturated heterocycles. The van der Waals surface area contributed by atoms with Crippen molar-refractivity contribution < 1.29 is 18.8 Å². The molecule has 0 saturated carbocycles. The third-order valence-electron chi connectivity index (χ3n) is 3.88. The van der Waals surface area contributed by atoms with Gasteiger partial charge in [0.25, 0.3) is 0 Å². The molecule has 3 rings (SSSR count). The van der Waals surface area contributed by atoms with Crippen molar-refractivity contribution in [2.45, 2.75) is 19.4 Å². The van der Waals surface area contributed by atoms with Crippen molar-refractivity contribution in [2.24, 2.45) is 0 Å². The van der Waals surface area contributed by atoms with E-state index in [1.165, 1.54) is 0 Å². The minimum Gasteiger partial charge on any atom is -0.497 e. The number of methoxy groups -OCH3 is 2. The predicted molar refractivity (Wildman–Crippen MR) is 97.2 cm³/mol. The highest BCUT2D eigenvalue weighted by molar-refractivity contribution is 5.76. The van der Waals surface area contributed by atoms with Gasteiger partial charge in [-0.25, -0.2) is 4.98 Å². The molecule has 3 aromatic rings. The van der Waals surface area contributed by atoms with Gasteiger partial charge in [0.1, 0.15) is 5.75 Å². The van der Waals surface area contributed by atoms with E-state index < -0.39 is 0 Å². The zero-order valence-electron chi connectivity index (χ0n) is 15.1. The fourth-order valence-corrected chi connectivity index (χ4v) is 2.36. The van der Waals surface area contributed by atoms with Gasteiger partial charge >= 0.3 is 0 Å². The molecule has 0 radical (unpaired) electrons. The van der Waals surface area contributed by atoms with Gasteiger partial charge in [0, 0.05) is 37.2 Å². The molecule has 1 N–H and O–H groups in total. The highest BCUT2D eigenvalue weighted by atomic mass is 16.5. The highest BCUT2D eigenvalue weighted by Gasteiger charge is 2.11. The van der Waals surface area contributed by atoms with E-state index in [4.69, 9.17) is 14.0 Å². The molecule has 27 heavy (non-hydrogen) atoms. The van der Waals surface area contributed by atoms with Crippen LogP contribution in [0.1, 0.15) is 17.9 Å². The van der Waals surface area contributed by atoms with Gasteiger partial charge in [0.2, 0.25) is 23.5 Å². The molecule has 0 aliphatic carbocycles. The van der Waals surface area contributed by atoms with Gasteiger partial charge in [-0.05, 0) is 29.8 Å². The standard InChI is InChI=1S/C19H20N4O4/c1-25-15-6-4-14(5-7-15)19-22-18(27-23-19)10-8-16(24)20-11-13-3-9-17(26-2)21-12-13/h3-7,9,12H,8,10-11H2,1-2H3,(H,20,24). The third-order valence-corrected chi connectivity index (χ3v) is 3.88. The van der Waals surface area contributed by atoms with Gasteiger partial charge in [-0.3, -0.25) is 4.79 Å². The van der Waals surface area contributed by atoms with Gasteiger partial charge in [-0.15, -0.1) is 0 Å². The van der Waals surface area contributed by atoms with Crippen LogP contribution in [0.25, 0.3) is 11.4 Å². The molecule has 2 heterocycles. The number of carbonyl (C=O) groups is 1. The molecule has 2 aromatic heterocycles. The number of rotatable bonds is 8. The van der Waals surface area contributed by atoms with E-state index in [-0.39, 0.29) is 12.3 Å². The number of carbonyl (C=O) groups excluding carboxylic acids is 1. The van der Waals surface area contributed by atoms with Crippen molar-refractivity contribution in [2.75, 3.05) is 14.2 Å². The number of hydrogen-bond acceptors (Lipinski definition) is 7. The second kappa shape index (κ2) is 8.79. The van der Waals surface area contributed by atoms with Crippen LogP contribution < -0.4 is 14.8 Å². The van der Waals surface area contributed by atoms with Crippen LogP contribution >= 0.6 is 0 Å². The lowest BCUT2D eigenvalue weighted by Crippen LogP contribution is -2.23. The van der Waals surface area contributed by atoms with E-state index >= 15 is 0 Å². The largest absolute Gasteiger partial charge is 0.497 e. The Bertz CT molecular complexity index is 875. The number of aryl methyl sites for hydroxylation is 1. The summed E-state index contributed by atoms with van der Waals surface area (Å²) in [5.41, 5.74) is 1.71. The van der Waals surface area contributed by atoms with E-state index in [1.54, 1.807) is 26.5 Å². The summed E-state index contributed by atoms with van der Waals surface area (Å²) in [4.78, 5) is 20.4. The molecule has 0 fully saturated rings. The Morgan fingerprint density at radius 1 is 1.11 bits per heavy atom. The molecular formula is C19H20N4O4. The van der Waals surface area contributed by atoms with Gasteiger partial charge in [0.05, 0.1) is 14.2 Å². The van der Waals surface area contributed by atoms with Crippen LogP contribution in [0.5, 0.6) is 11.6 Å². The van der Waals surface area contributed by atoms with Crippen LogP contribution in [-0.2, 0) is 17.8 Å². The highest BCUT2D eigenvalue weighted by Crippen LogP contribution is 2.20. The summed E-state index contributed by atoms with van der Waals surface area (Å²) in [6.07, 6.45) is 2.29. The number of pyridine rings is 1. The summed E-state index contributed by atoms with van der Waals surface area (Å²) >= 11 is 0. The predicted octanol–water partition coefficient (Wildman–Crippen LogP) is 2.40. The number of nitrogens with one attached hydrogen (secondary N) is 1. The smallest absolute Gasteiger partial charge is 0.227 e. The van der Waals surface area contributed by atoms with Gasteiger partial charge in [-0.1, -0.05) is 11.2 Å². The van der Waals surface area contributed by atoms with Crippen LogP contribution in [0.15, 0.2) is 47.1 Å². The second-order valence-corrected chi connectivity index (χ2v) is 5.73. The molecular weight excluding hydrogens is 348 g/mol. The van der Waals surface area contributed by atoms with E-state index in [1.807, 2.05) is 30.3 Å². The Labute approximate surface area is 156 Å². The summed E-state index contributed by atoms with van der Waals surface area (Å²) in [5, 5.41) is 6.79. The number of nitrogens with zero attached hydrogens (tertiary/aromatic N) is 3. The second-order valence-electron chi connectivity index (χ2n) is 5.73. The molecule has 0 spiro atoms. The number of hydrogen-bond donors (Lipinski definition) is 1. The molecule has 0 aliphatic rings. The number of amides is 1. The molecule has 0 atom stereocenters. The molecule has 1 amide bonds.